The number of halogens is 2. The highest BCUT2D eigenvalue weighted by Crippen LogP contribution is 2.45. The Kier molecular flexibility index (Phi) is 2.46. The molecule has 3 rings (SSSR count). The summed E-state index contributed by atoms with van der Waals surface area (Å²) in [7, 11) is 0. The molecular weight excluding hydrogens is 229 g/mol. The SMILES string of the molecule is Fc1cnc(Cl)nc1NC(C1CC1)C1CC1. The van der Waals surface area contributed by atoms with Crippen LogP contribution in [0.3, 0.4) is 0 Å². The molecule has 0 spiro atoms. The Morgan fingerprint density at radius 3 is 2.50 bits per heavy atom. The van der Waals surface area contributed by atoms with E-state index < -0.39 is 5.82 Å². The van der Waals surface area contributed by atoms with Crippen molar-refractivity contribution in [1.29, 1.82) is 0 Å². The maximum atomic E-state index is 13.5. The summed E-state index contributed by atoms with van der Waals surface area (Å²) >= 11 is 5.66. The Labute approximate surface area is 98.4 Å². The Balaban J connectivity index is 1.78. The second kappa shape index (κ2) is 3.84. The third-order valence-corrected chi connectivity index (χ3v) is 3.46. The Bertz CT molecular complexity index is 392. The molecule has 0 atom stereocenters. The standard InChI is InChI=1S/C11H13ClFN3/c12-11-14-5-8(13)10(16-11)15-9(6-1-2-6)7-3-4-7/h5-7,9H,1-4H2,(H,14,15,16). The van der Waals surface area contributed by atoms with E-state index in [9.17, 15) is 4.39 Å². The first-order valence-corrected chi connectivity index (χ1v) is 6.06. The van der Waals surface area contributed by atoms with E-state index in [2.05, 4.69) is 15.3 Å². The van der Waals surface area contributed by atoms with E-state index in [-0.39, 0.29) is 11.1 Å². The first-order chi connectivity index (χ1) is 7.74. The summed E-state index contributed by atoms with van der Waals surface area (Å²) in [6.07, 6.45) is 6.10. The van der Waals surface area contributed by atoms with E-state index in [4.69, 9.17) is 11.6 Å². The van der Waals surface area contributed by atoms with Crippen LogP contribution in [0.15, 0.2) is 6.20 Å². The molecule has 2 fully saturated rings. The first kappa shape index (κ1) is 10.3. The summed E-state index contributed by atoms with van der Waals surface area (Å²) in [6.45, 7) is 0. The zero-order valence-electron chi connectivity index (χ0n) is 8.79. The highest BCUT2D eigenvalue weighted by Gasteiger charge is 2.41. The quantitative estimate of drug-likeness (QED) is 0.824. The summed E-state index contributed by atoms with van der Waals surface area (Å²) < 4.78 is 13.5. The van der Waals surface area contributed by atoms with Crippen molar-refractivity contribution in [3.05, 3.63) is 17.3 Å². The number of hydrogen-bond acceptors (Lipinski definition) is 3. The average molecular weight is 242 g/mol. The smallest absolute Gasteiger partial charge is 0.224 e. The van der Waals surface area contributed by atoms with Gasteiger partial charge in [-0.25, -0.2) is 9.37 Å². The fourth-order valence-corrected chi connectivity index (χ4v) is 2.27. The van der Waals surface area contributed by atoms with Crippen molar-refractivity contribution >= 4 is 17.4 Å². The maximum Gasteiger partial charge on any atom is 0.224 e. The van der Waals surface area contributed by atoms with E-state index in [1.54, 1.807) is 0 Å². The van der Waals surface area contributed by atoms with Gasteiger partial charge in [0.15, 0.2) is 11.6 Å². The van der Waals surface area contributed by atoms with Crippen LogP contribution in [0.4, 0.5) is 10.2 Å². The van der Waals surface area contributed by atoms with Crippen LogP contribution in [0.2, 0.25) is 5.28 Å². The lowest BCUT2D eigenvalue weighted by Gasteiger charge is -2.18. The van der Waals surface area contributed by atoms with Crippen molar-refractivity contribution in [2.24, 2.45) is 11.8 Å². The van der Waals surface area contributed by atoms with Crippen LogP contribution in [-0.2, 0) is 0 Å². The van der Waals surface area contributed by atoms with E-state index >= 15 is 0 Å². The third-order valence-electron chi connectivity index (χ3n) is 3.28. The fraction of sp³-hybridized carbons (Fsp3) is 0.636. The Morgan fingerprint density at radius 2 is 1.94 bits per heavy atom. The van der Waals surface area contributed by atoms with Crippen LogP contribution in [0, 0.1) is 17.7 Å². The average Bonchev–Trinajstić information content (AvgIpc) is 3.13. The predicted molar refractivity (Wildman–Crippen MR) is 59.9 cm³/mol. The van der Waals surface area contributed by atoms with Gasteiger partial charge in [-0.3, -0.25) is 0 Å². The molecule has 2 saturated carbocycles. The molecule has 16 heavy (non-hydrogen) atoms. The van der Waals surface area contributed by atoms with Crippen molar-refractivity contribution in [3.63, 3.8) is 0 Å². The minimum atomic E-state index is -0.421. The van der Waals surface area contributed by atoms with Gasteiger partial charge in [-0.15, -0.1) is 0 Å². The molecule has 5 heteroatoms. The van der Waals surface area contributed by atoms with Gasteiger partial charge in [-0.1, -0.05) is 0 Å². The van der Waals surface area contributed by atoms with Gasteiger partial charge in [0.2, 0.25) is 5.28 Å². The van der Waals surface area contributed by atoms with Gasteiger partial charge >= 0.3 is 0 Å². The highest BCUT2D eigenvalue weighted by molar-refractivity contribution is 6.28. The molecule has 0 saturated heterocycles. The second-order valence-corrected chi connectivity index (χ2v) is 5.02. The zero-order valence-corrected chi connectivity index (χ0v) is 9.54. The number of aromatic nitrogens is 2. The van der Waals surface area contributed by atoms with E-state index in [1.807, 2.05) is 0 Å². The van der Waals surface area contributed by atoms with E-state index in [0.717, 1.165) is 6.20 Å². The Hall–Kier alpha value is -0.900. The first-order valence-electron chi connectivity index (χ1n) is 5.68. The minimum Gasteiger partial charge on any atom is -0.364 e. The lowest BCUT2D eigenvalue weighted by molar-refractivity contribution is 0.551. The molecule has 0 aliphatic heterocycles. The van der Waals surface area contributed by atoms with Gasteiger partial charge in [0.05, 0.1) is 6.20 Å². The van der Waals surface area contributed by atoms with Crippen LogP contribution in [-0.4, -0.2) is 16.0 Å². The van der Waals surface area contributed by atoms with Crippen LogP contribution in [0.25, 0.3) is 0 Å². The minimum absolute atomic E-state index is 0.0919. The largest absolute Gasteiger partial charge is 0.364 e. The number of nitrogens with one attached hydrogen (secondary N) is 1. The second-order valence-electron chi connectivity index (χ2n) is 4.68. The molecule has 0 bridgehead atoms. The molecule has 0 unspecified atom stereocenters. The van der Waals surface area contributed by atoms with Gasteiger partial charge < -0.3 is 5.32 Å². The number of rotatable bonds is 4. The number of nitrogens with zero attached hydrogens (tertiary/aromatic N) is 2. The van der Waals surface area contributed by atoms with E-state index in [1.165, 1.54) is 25.7 Å². The molecule has 3 nitrogen and oxygen atoms in total. The monoisotopic (exact) mass is 241 g/mol. The van der Waals surface area contributed by atoms with Gasteiger partial charge in [0, 0.05) is 6.04 Å². The van der Waals surface area contributed by atoms with Crippen LogP contribution >= 0.6 is 11.6 Å². The highest BCUT2D eigenvalue weighted by atomic mass is 35.5. The maximum absolute atomic E-state index is 13.5. The molecule has 1 N–H and O–H groups in total. The molecule has 86 valence electrons. The van der Waals surface area contributed by atoms with Crippen LogP contribution < -0.4 is 5.32 Å². The summed E-state index contributed by atoms with van der Waals surface area (Å²) in [5.74, 6) is 1.22. The van der Waals surface area contributed by atoms with Gasteiger partial charge in [0.1, 0.15) is 0 Å². The summed E-state index contributed by atoms with van der Waals surface area (Å²) in [5, 5.41) is 3.29. The molecule has 0 aromatic carbocycles. The Morgan fingerprint density at radius 1 is 1.31 bits per heavy atom. The molecule has 0 radical (unpaired) electrons. The van der Waals surface area contributed by atoms with Crippen LogP contribution in [0.1, 0.15) is 25.7 Å². The van der Waals surface area contributed by atoms with E-state index in [0.29, 0.717) is 17.9 Å². The number of anilines is 1. The van der Waals surface area contributed by atoms with Crippen molar-refractivity contribution < 1.29 is 4.39 Å². The molecular formula is C11H13ClFN3. The van der Waals surface area contributed by atoms with Gasteiger partial charge in [-0.05, 0) is 49.1 Å². The lowest BCUT2D eigenvalue weighted by Crippen LogP contribution is -2.25. The normalized spacial score (nSPS) is 20.2. The van der Waals surface area contributed by atoms with Crippen molar-refractivity contribution in [2.75, 3.05) is 5.32 Å². The predicted octanol–water partition coefficient (Wildman–Crippen LogP) is 2.87. The van der Waals surface area contributed by atoms with Crippen LogP contribution in [0.5, 0.6) is 0 Å². The topological polar surface area (TPSA) is 37.8 Å². The fourth-order valence-electron chi connectivity index (χ4n) is 2.14. The summed E-state index contributed by atoms with van der Waals surface area (Å²) in [4.78, 5) is 7.51. The zero-order chi connectivity index (χ0) is 11.1. The lowest BCUT2D eigenvalue weighted by atomic mass is 10.1. The molecule has 1 aromatic heterocycles. The molecule has 0 amide bonds. The summed E-state index contributed by atoms with van der Waals surface area (Å²) in [5.41, 5.74) is 0. The van der Waals surface area contributed by atoms with Gasteiger partial charge in [0.25, 0.3) is 0 Å². The summed E-state index contributed by atoms with van der Waals surface area (Å²) in [6, 6.07) is 0.375. The van der Waals surface area contributed by atoms with Crippen molar-refractivity contribution in [2.45, 2.75) is 31.7 Å². The third kappa shape index (κ3) is 2.12. The van der Waals surface area contributed by atoms with Gasteiger partial charge in [-0.2, -0.15) is 4.98 Å². The molecule has 2 aliphatic rings. The molecule has 2 aliphatic carbocycles. The molecule has 1 heterocycles. The number of hydrogen-bond donors (Lipinski definition) is 1. The van der Waals surface area contributed by atoms with Crippen molar-refractivity contribution in [3.8, 4) is 0 Å². The van der Waals surface area contributed by atoms with Crippen molar-refractivity contribution in [1.82, 2.24) is 9.97 Å². The molecule has 1 aromatic rings.